The van der Waals surface area contributed by atoms with Gasteiger partial charge in [-0.05, 0) is 59.5 Å². The van der Waals surface area contributed by atoms with Gasteiger partial charge in [0, 0.05) is 27.6 Å². The number of hydrogen-bond donors (Lipinski definition) is 1. The molecule has 0 radical (unpaired) electrons. The first-order valence-corrected chi connectivity index (χ1v) is 15.4. The first kappa shape index (κ1) is 26.6. The predicted octanol–water partition coefficient (Wildman–Crippen LogP) is 9.79. The van der Waals surface area contributed by atoms with Crippen LogP contribution in [0.2, 0.25) is 0 Å². The maximum atomic E-state index is 12.7. The summed E-state index contributed by atoms with van der Waals surface area (Å²) in [6, 6.07) is 39.9. The fourth-order valence-electron chi connectivity index (χ4n) is 6.76. The summed E-state index contributed by atoms with van der Waals surface area (Å²) < 4.78 is 8.38. The number of fused-ring (bicyclic) bond motifs is 6. The van der Waals surface area contributed by atoms with Gasteiger partial charge < -0.3 is 14.4 Å². The molecule has 0 amide bonds. The normalized spacial score (nSPS) is 15.7. The molecule has 0 fully saturated rings. The van der Waals surface area contributed by atoms with Crippen LogP contribution in [0.25, 0.3) is 38.6 Å². The lowest BCUT2D eigenvalue weighted by Crippen LogP contribution is -2.26. The van der Waals surface area contributed by atoms with Gasteiger partial charge in [0.25, 0.3) is 0 Å². The Morgan fingerprint density at radius 3 is 1.98 bits per heavy atom. The van der Waals surface area contributed by atoms with Crippen LogP contribution < -0.4 is 4.74 Å². The van der Waals surface area contributed by atoms with Crippen molar-refractivity contribution in [1.29, 1.82) is 0 Å². The summed E-state index contributed by atoms with van der Waals surface area (Å²) in [5.74, 6) is 0.849. The molecule has 5 aromatic carbocycles. The van der Waals surface area contributed by atoms with E-state index in [1.54, 1.807) is 0 Å². The van der Waals surface area contributed by atoms with Crippen LogP contribution in [0.4, 0.5) is 0 Å². The molecular weight excluding hydrogens is 514 g/mol. The van der Waals surface area contributed by atoms with Crippen LogP contribution >= 0.6 is 0 Å². The van der Waals surface area contributed by atoms with Crippen molar-refractivity contribution in [2.45, 2.75) is 51.0 Å². The molecular formula is C39H37NO2. The van der Waals surface area contributed by atoms with E-state index in [0.717, 1.165) is 63.3 Å². The Morgan fingerprint density at radius 1 is 0.619 bits per heavy atom. The Kier molecular flexibility index (Phi) is 7.05. The van der Waals surface area contributed by atoms with Crippen LogP contribution in [0.3, 0.4) is 0 Å². The SMILES string of the molecule is CCCCCCCCOc1ccc(C2(O)c3ccccc3-c3ccc(-n4c5ccccc5c5ccccc54)cc32)cc1. The van der Waals surface area contributed by atoms with Crippen LogP contribution in [0.1, 0.15) is 62.1 Å². The van der Waals surface area contributed by atoms with E-state index in [4.69, 9.17) is 4.74 Å². The van der Waals surface area contributed by atoms with Crippen LogP contribution in [0.15, 0.2) is 115 Å². The molecule has 1 unspecified atom stereocenters. The Morgan fingerprint density at radius 2 is 1.24 bits per heavy atom. The van der Waals surface area contributed by atoms with E-state index in [2.05, 4.69) is 96.4 Å². The monoisotopic (exact) mass is 551 g/mol. The molecule has 1 atom stereocenters. The molecule has 1 aliphatic carbocycles. The number of ether oxygens (including phenoxy) is 1. The van der Waals surface area contributed by atoms with Gasteiger partial charge in [0.15, 0.2) is 0 Å². The summed E-state index contributed by atoms with van der Waals surface area (Å²) in [7, 11) is 0. The maximum absolute atomic E-state index is 12.7. The summed E-state index contributed by atoms with van der Waals surface area (Å²) in [6.07, 6.45) is 7.45. The standard InChI is InChI=1S/C39H37NO2/c1-2-3-4-5-6-13-26-42-30-23-20-28(21-24-30)39(41)35-17-10-7-14-31(35)32-25-22-29(27-36(32)39)40-37-18-11-8-15-33(37)34-16-9-12-19-38(34)40/h7-12,14-25,27,41H,2-6,13,26H2,1H3. The van der Waals surface area contributed by atoms with Crippen molar-refractivity contribution >= 4 is 21.8 Å². The Labute approximate surface area is 248 Å². The average Bonchev–Trinajstić information content (AvgIpc) is 3.51. The number of benzene rings is 5. The van der Waals surface area contributed by atoms with Gasteiger partial charge in [-0.15, -0.1) is 0 Å². The van der Waals surface area contributed by atoms with E-state index >= 15 is 0 Å². The van der Waals surface area contributed by atoms with Crippen molar-refractivity contribution in [3.63, 3.8) is 0 Å². The number of unbranched alkanes of at least 4 members (excludes halogenated alkanes) is 5. The first-order chi connectivity index (χ1) is 20.7. The second-order valence-corrected chi connectivity index (χ2v) is 11.5. The molecule has 1 aliphatic rings. The van der Waals surface area contributed by atoms with E-state index in [1.807, 2.05) is 30.3 Å². The smallest absolute Gasteiger partial charge is 0.141 e. The minimum Gasteiger partial charge on any atom is -0.494 e. The van der Waals surface area contributed by atoms with E-state index in [0.29, 0.717) is 0 Å². The highest BCUT2D eigenvalue weighted by molar-refractivity contribution is 6.09. The quantitative estimate of drug-likeness (QED) is 0.172. The van der Waals surface area contributed by atoms with E-state index in [9.17, 15) is 5.11 Å². The summed E-state index contributed by atoms with van der Waals surface area (Å²) in [6.45, 7) is 2.97. The van der Waals surface area contributed by atoms with Gasteiger partial charge in [-0.3, -0.25) is 0 Å². The molecule has 0 saturated heterocycles. The summed E-state index contributed by atoms with van der Waals surface area (Å²) in [4.78, 5) is 0. The molecule has 7 rings (SSSR count). The highest BCUT2D eigenvalue weighted by atomic mass is 16.5. The molecule has 6 aromatic rings. The van der Waals surface area contributed by atoms with Gasteiger partial charge in [-0.25, -0.2) is 0 Å². The van der Waals surface area contributed by atoms with Gasteiger partial charge in [0.2, 0.25) is 0 Å². The van der Waals surface area contributed by atoms with Crippen LogP contribution in [0, 0.1) is 0 Å². The van der Waals surface area contributed by atoms with Crippen molar-refractivity contribution in [3.8, 4) is 22.6 Å². The molecule has 1 aromatic heterocycles. The molecule has 1 N–H and O–H groups in total. The van der Waals surface area contributed by atoms with Crippen LogP contribution in [-0.4, -0.2) is 16.3 Å². The van der Waals surface area contributed by atoms with Crippen LogP contribution in [0.5, 0.6) is 5.75 Å². The van der Waals surface area contributed by atoms with Gasteiger partial charge in [0.1, 0.15) is 11.4 Å². The summed E-state index contributed by atoms with van der Waals surface area (Å²) >= 11 is 0. The highest BCUT2D eigenvalue weighted by Crippen LogP contribution is 2.51. The third-order valence-corrected chi connectivity index (χ3v) is 8.88. The highest BCUT2D eigenvalue weighted by Gasteiger charge is 2.43. The lowest BCUT2D eigenvalue weighted by atomic mass is 9.84. The zero-order valence-corrected chi connectivity index (χ0v) is 24.2. The van der Waals surface area contributed by atoms with E-state index < -0.39 is 5.60 Å². The first-order valence-electron chi connectivity index (χ1n) is 15.4. The van der Waals surface area contributed by atoms with Crippen LogP contribution in [-0.2, 0) is 5.60 Å². The van der Waals surface area contributed by atoms with Crippen molar-refractivity contribution in [2.24, 2.45) is 0 Å². The second-order valence-electron chi connectivity index (χ2n) is 11.5. The maximum Gasteiger partial charge on any atom is 0.141 e. The Hall–Kier alpha value is -4.34. The zero-order chi connectivity index (χ0) is 28.5. The van der Waals surface area contributed by atoms with Gasteiger partial charge in [0.05, 0.1) is 17.6 Å². The fourth-order valence-corrected chi connectivity index (χ4v) is 6.76. The van der Waals surface area contributed by atoms with Gasteiger partial charge in [-0.2, -0.15) is 0 Å². The van der Waals surface area contributed by atoms with Crippen molar-refractivity contribution < 1.29 is 9.84 Å². The third kappa shape index (κ3) is 4.40. The minimum absolute atomic E-state index is 0.726. The largest absolute Gasteiger partial charge is 0.494 e. The molecule has 0 spiro atoms. The van der Waals surface area contributed by atoms with E-state index in [-0.39, 0.29) is 0 Å². The molecule has 0 aliphatic heterocycles. The average molecular weight is 552 g/mol. The molecule has 3 heteroatoms. The lowest BCUT2D eigenvalue weighted by Gasteiger charge is -2.27. The molecule has 0 saturated carbocycles. The third-order valence-electron chi connectivity index (χ3n) is 8.88. The van der Waals surface area contributed by atoms with Crippen molar-refractivity contribution in [2.75, 3.05) is 6.61 Å². The summed E-state index contributed by atoms with van der Waals surface area (Å²) in [5, 5.41) is 15.1. The summed E-state index contributed by atoms with van der Waals surface area (Å²) in [5.41, 5.74) is 6.90. The number of aliphatic hydroxyl groups is 1. The number of rotatable bonds is 10. The minimum atomic E-state index is -1.27. The number of para-hydroxylation sites is 2. The van der Waals surface area contributed by atoms with E-state index in [1.165, 1.54) is 42.9 Å². The Balaban J connectivity index is 1.25. The number of nitrogens with zero attached hydrogens (tertiary/aromatic N) is 1. The lowest BCUT2D eigenvalue weighted by molar-refractivity contribution is 0.130. The number of hydrogen-bond acceptors (Lipinski definition) is 2. The fraction of sp³-hybridized carbons (Fsp3) is 0.231. The number of aromatic nitrogens is 1. The molecule has 1 heterocycles. The Bertz CT molecular complexity index is 1810. The van der Waals surface area contributed by atoms with Gasteiger partial charge >= 0.3 is 0 Å². The molecule has 0 bridgehead atoms. The predicted molar refractivity (Wildman–Crippen MR) is 174 cm³/mol. The topological polar surface area (TPSA) is 34.4 Å². The molecule has 210 valence electrons. The van der Waals surface area contributed by atoms with Crippen molar-refractivity contribution in [3.05, 3.63) is 132 Å². The van der Waals surface area contributed by atoms with Crippen molar-refractivity contribution in [1.82, 2.24) is 4.57 Å². The molecule has 3 nitrogen and oxygen atoms in total. The van der Waals surface area contributed by atoms with Gasteiger partial charge in [-0.1, -0.05) is 118 Å². The second kappa shape index (κ2) is 11.2. The molecule has 42 heavy (non-hydrogen) atoms. The zero-order valence-electron chi connectivity index (χ0n) is 24.2.